The minimum atomic E-state index is -0.688. The molecule has 4 heteroatoms. The maximum Gasteiger partial charge on any atom is 0.310 e. The van der Waals surface area contributed by atoms with Crippen molar-refractivity contribution >= 4 is 5.97 Å². The molecule has 0 radical (unpaired) electrons. The Hall–Kier alpha value is -1.32. The third-order valence-corrected chi connectivity index (χ3v) is 4.36. The summed E-state index contributed by atoms with van der Waals surface area (Å²) in [4.78, 5) is 11.7. The summed E-state index contributed by atoms with van der Waals surface area (Å²) in [7, 11) is 0. The summed E-state index contributed by atoms with van der Waals surface area (Å²) in [5.74, 6) is -0.688. The first kappa shape index (κ1) is 16.7. The lowest BCUT2D eigenvalue weighted by atomic mass is 9.76. The summed E-state index contributed by atoms with van der Waals surface area (Å²) in [6, 6.07) is 2.33. The molecule has 2 unspecified atom stereocenters. The Bertz CT molecular complexity index is 428. The highest BCUT2D eigenvalue weighted by molar-refractivity contribution is 5.74. The minimum Gasteiger partial charge on any atom is -0.481 e. The molecule has 0 spiro atoms. The van der Waals surface area contributed by atoms with Gasteiger partial charge in [0.1, 0.15) is 0 Å². The number of carboxylic acid groups (broad SMARTS) is 1. The number of hydrogen-bond donors (Lipinski definition) is 1. The predicted octanol–water partition coefficient (Wildman–Crippen LogP) is 4.07. The lowest BCUT2D eigenvalue weighted by Gasteiger charge is -2.27. The van der Waals surface area contributed by atoms with Crippen molar-refractivity contribution in [3.8, 4) is 0 Å². The molecule has 0 aromatic carbocycles. The first-order valence-corrected chi connectivity index (χ1v) is 7.76. The second-order valence-electron chi connectivity index (χ2n) is 5.76. The van der Waals surface area contributed by atoms with E-state index in [1.807, 2.05) is 23.9 Å². The zero-order valence-corrected chi connectivity index (χ0v) is 13.2. The van der Waals surface area contributed by atoms with Gasteiger partial charge in [-0.25, -0.2) is 0 Å². The minimum absolute atomic E-state index is 0.361. The van der Waals surface area contributed by atoms with Crippen LogP contribution in [0.1, 0.15) is 71.5 Å². The van der Waals surface area contributed by atoms with Gasteiger partial charge in [0, 0.05) is 18.7 Å². The van der Waals surface area contributed by atoms with Gasteiger partial charge in [-0.3, -0.25) is 9.48 Å². The first-order valence-electron chi connectivity index (χ1n) is 7.76. The Morgan fingerprint density at radius 1 is 1.45 bits per heavy atom. The lowest BCUT2D eigenvalue weighted by molar-refractivity contribution is -0.149. The van der Waals surface area contributed by atoms with E-state index in [1.54, 1.807) is 0 Å². The molecular formula is C16H28N2O2. The number of rotatable bonds is 9. The summed E-state index contributed by atoms with van der Waals surface area (Å²) >= 11 is 0. The average molecular weight is 280 g/mol. The van der Waals surface area contributed by atoms with E-state index in [2.05, 4.69) is 25.9 Å². The number of unbranched alkanes of at least 4 members (excludes halogenated alkanes) is 1. The largest absolute Gasteiger partial charge is 0.481 e. The van der Waals surface area contributed by atoms with Gasteiger partial charge in [0.2, 0.25) is 0 Å². The second kappa shape index (κ2) is 7.46. The van der Waals surface area contributed by atoms with E-state index in [0.29, 0.717) is 18.9 Å². The molecule has 0 aliphatic rings. The molecule has 1 rings (SSSR count). The smallest absolute Gasteiger partial charge is 0.310 e. The summed E-state index contributed by atoms with van der Waals surface area (Å²) in [6.07, 6.45) is 6.87. The topological polar surface area (TPSA) is 55.1 Å². The third kappa shape index (κ3) is 3.84. The van der Waals surface area contributed by atoms with Gasteiger partial charge in [-0.15, -0.1) is 0 Å². The fraction of sp³-hybridized carbons (Fsp3) is 0.750. The number of hydrogen-bond acceptors (Lipinski definition) is 2. The maximum atomic E-state index is 11.7. The Morgan fingerprint density at radius 3 is 2.65 bits per heavy atom. The molecule has 20 heavy (non-hydrogen) atoms. The van der Waals surface area contributed by atoms with Crippen LogP contribution in [0, 0.1) is 5.41 Å². The van der Waals surface area contributed by atoms with Gasteiger partial charge in [0.05, 0.1) is 11.1 Å². The Morgan fingerprint density at radius 2 is 2.15 bits per heavy atom. The van der Waals surface area contributed by atoms with Crippen LogP contribution in [0.15, 0.2) is 12.3 Å². The second-order valence-corrected chi connectivity index (χ2v) is 5.76. The van der Waals surface area contributed by atoms with Gasteiger partial charge < -0.3 is 5.11 Å². The highest BCUT2D eigenvalue weighted by Crippen LogP contribution is 2.33. The highest BCUT2D eigenvalue weighted by atomic mass is 16.4. The standard InChI is InChI=1S/C16H28N2O2/c1-5-8-10-16(7-3,15(19)20)12-14-9-11-18(17-14)13(4)6-2/h9,11,13H,5-8,10,12H2,1-4H3,(H,19,20). The van der Waals surface area contributed by atoms with Crippen LogP contribution in [-0.4, -0.2) is 20.9 Å². The summed E-state index contributed by atoms with van der Waals surface area (Å²) in [6.45, 7) is 8.31. The first-order chi connectivity index (χ1) is 9.49. The van der Waals surface area contributed by atoms with Crippen LogP contribution in [0.2, 0.25) is 0 Å². The molecule has 1 aromatic rings. The van der Waals surface area contributed by atoms with Crippen molar-refractivity contribution in [3.63, 3.8) is 0 Å². The van der Waals surface area contributed by atoms with Gasteiger partial charge in [-0.1, -0.05) is 33.6 Å². The van der Waals surface area contributed by atoms with Crippen LogP contribution in [-0.2, 0) is 11.2 Å². The van der Waals surface area contributed by atoms with Gasteiger partial charge in [0.25, 0.3) is 0 Å². The van der Waals surface area contributed by atoms with Crippen LogP contribution in [0.25, 0.3) is 0 Å². The monoisotopic (exact) mass is 280 g/mol. The molecule has 0 amide bonds. The summed E-state index contributed by atoms with van der Waals surface area (Å²) in [5, 5.41) is 14.2. The quantitative estimate of drug-likeness (QED) is 0.742. The predicted molar refractivity (Wildman–Crippen MR) is 80.8 cm³/mol. The van der Waals surface area contributed by atoms with Crippen molar-refractivity contribution in [1.29, 1.82) is 0 Å². The summed E-state index contributed by atoms with van der Waals surface area (Å²) in [5.41, 5.74) is 0.232. The van der Waals surface area contributed by atoms with E-state index < -0.39 is 11.4 Å². The molecule has 0 saturated carbocycles. The highest BCUT2D eigenvalue weighted by Gasteiger charge is 2.36. The van der Waals surface area contributed by atoms with E-state index in [1.165, 1.54) is 0 Å². The van der Waals surface area contributed by atoms with Gasteiger partial charge >= 0.3 is 5.97 Å². The van der Waals surface area contributed by atoms with Crippen molar-refractivity contribution in [2.45, 2.75) is 72.3 Å². The Balaban J connectivity index is 2.89. The molecule has 0 bridgehead atoms. The third-order valence-electron chi connectivity index (χ3n) is 4.36. The number of carbonyl (C=O) groups is 1. The van der Waals surface area contributed by atoms with Gasteiger partial charge in [0.15, 0.2) is 0 Å². The maximum absolute atomic E-state index is 11.7. The van der Waals surface area contributed by atoms with E-state index in [4.69, 9.17) is 0 Å². The zero-order chi connectivity index (χ0) is 15.2. The number of aliphatic carboxylic acids is 1. The number of nitrogens with zero attached hydrogens (tertiary/aromatic N) is 2. The van der Waals surface area contributed by atoms with E-state index in [0.717, 1.165) is 31.4 Å². The molecular weight excluding hydrogens is 252 g/mol. The SMILES string of the molecule is CCCCC(CC)(Cc1ccn(C(C)CC)n1)C(=O)O. The molecule has 0 aliphatic carbocycles. The average Bonchev–Trinajstić information content (AvgIpc) is 2.90. The number of aromatic nitrogens is 2. The lowest BCUT2D eigenvalue weighted by Crippen LogP contribution is -2.33. The van der Waals surface area contributed by atoms with Crippen molar-refractivity contribution in [2.24, 2.45) is 5.41 Å². The van der Waals surface area contributed by atoms with Crippen LogP contribution >= 0.6 is 0 Å². The molecule has 0 saturated heterocycles. The van der Waals surface area contributed by atoms with Gasteiger partial charge in [-0.2, -0.15) is 5.10 Å². The van der Waals surface area contributed by atoms with E-state index >= 15 is 0 Å². The summed E-state index contributed by atoms with van der Waals surface area (Å²) < 4.78 is 1.94. The normalized spacial score (nSPS) is 15.8. The van der Waals surface area contributed by atoms with Crippen LogP contribution in [0.5, 0.6) is 0 Å². The van der Waals surface area contributed by atoms with E-state index in [9.17, 15) is 9.90 Å². The molecule has 2 atom stereocenters. The Kier molecular flexibility index (Phi) is 6.24. The fourth-order valence-corrected chi connectivity index (χ4v) is 2.49. The molecule has 4 nitrogen and oxygen atoms in total. The van der Waals surface area contributed by atoms with Crippen molar-refractivity contribution in [3.05, 3.63) is 18.0 Å². The molecule has 114 valence electrons. The van der Waals surface area contributed by atoms with Crippen molar-refractivity contribution < 1.29 is 9.90 Å². The molecule has 0 aliphatic heterocycles. The number of carboxylic acids is 1. The van der Waals surface area contributed by atoms with Crippen molar-refractivity contribution in [2.75, 3.05) is 0 Å². The van der Waals surface area contributed by atoms with E-state index in [-0.39, 0.29) is 0 Å². The Labute approximate surface area is 122 Å². The molecule has 1 heterocycles. The fourth-order valence-electron chi connectivity index (χ4n) is 2.49. The molecule has 0 fully saturated rings. The molecule has 1 aromatic heterocycles. The zero-order valence-electron chi connectivity index (χ0n) is 13.2. The van der Waals surface area contributed by atoms with Crippen LogP contribution in [0.4, 0.5) is 0 Å². The van der Waals surface area contributed by atoms with Gasteiger partial charge in [-0.05, 0) is 32.3 Å². The van der Waals surface area contributed by atoms with Crippen LogP contribution < -0.4 is 0 Å². The molecule has 1 N–H and O–H groups in total. The van der Waals surface area contributed by atoms with Crippen LogP contribution in [0.3, 0.4) is 0 Å². The van der Waals surface area contributed by atoms with Crippen molar-refractivity contribution in [1.82, 2.24) is 9.78 Å².